The lowest BCUT2D eigenvalue weighted by molar-refractivity contribution is -0.126. The summed E-state index contributed by atoms with van der Waals surface area (Å²) in [6, 6.07) is 14.7. The smallest absolute Gasteiger partial charge is 0.255 e. The van der Waals surface area contributed by atoms with Crippen LogP contribution in [0.1, 0.15) is 53.4 Å². The Bertz CT molecular complexity index is 1140. The maximum Gasteiger partial charge on any atom is 0.255 e. The van der Waals surface area contributed by atoms with Crippen LogP contribution in [0.5, 0.6) is 11.5 Å². The number of carbonyl (C=O) groups excluding carboxylic acids is 2. The molecule has 0 spiro atoms. The average Bonchev–Trinajstić information content (AvgIpc) is 3.58. The zero-order valence-electron chi connectivity index (χ0n) is 19.8. The van der Waals surface area contributed by atoms with Gasteiger partial charge >= 0.3 is 0 Å². The van der Waals surface area contributed by atoms with E-state index in [1.807, 2.05) is 0 Å². The van der Waals surface area contributed by atoms with Gasteiger partial charge in [0, 0.05) is 16.6 Å². The molecule has 1 saturated carbocycles. The van der Waals surface area contributed by atoms with Crippen molar-refractivity contribution in [1.29, 1.82) is 0 Å². The molecule has 1 aliphatic rings. The highest BCUT2D eigenvalue weighted by molar-refractivity contribution is 6.30. The molecule has 4 rings (SSSR count). The summed E-state index contributed by atoms with van der Waals surface area (Å²) in [5, 5.41) is 3.71. The maximum atomic E-state index is 13.9. The number of methoxy groups -OCH3 is 2. The predicted molar refractivity (Wildman–Crippen MR) is 133 cm³/mol. The first-order valence-corrected chi connectivity index (χ1v) is 12.0. The fourth-order valence-electron chi connectivity index (χ4n) is 4.45. The Morgan fingerprint density at radius 3 is 2.40 bits per heavy atom. The van der Waals surface area contributed by atoms with Crippen molar-refractivity contribution in [2.75, 3.05) is 14.2 Å². The second-order valence-electron chi connectivity index (χ2n) is 8.53. The predicted octanol–water partition coefficient (Wildman–Crippen LogP) is 5.39. The molecular formula is C27H29ClN2O5. The van der Waals surface area contributed by atoms with Crippen LogP contribution in [0.15, 0.2) is 65.3 Å². The van der Waals surface area contributed by atoms with Crippen molar-refractivity contribution in [1.82, 2.24) is 10.2 Å². The van der Waals surface area contributed by atoms with E-state index < -0.39 is 6.04 Å². The second kappa shape index (κ2) is 11.3. The molecule has 184 valence electrons. The highest BCUT2D eigenvalue weighted by Gasteiger charge is 2.34. The topological polar surface area (TPSA) is 81.0 Å². The lowest BCUT2D eigenvalue weighted by Gasteiger charge is -2.32. The zero-order chi connectivity index (χ0) is 24.8. The van der Waals surface area contributed by atoms with Crippen LogP contribution in [0, 0.1) is 0 Å². The Kier molecular flexibility index (Phi) is 7.98. The quantitative estimate of drug-likeness (QED) is 0.429. The van der Waals surface area contributed by atoms with E-state index in [1.54, 1.807) is 60.9 Å². The number of furan rings is 1. The molecule has 1 aliphatic carbocycles. The number of hydrogen-bond acceptors (Lipinski definition) is 5. The third-order valence-electron chi connectivity index (χ3n) is 6.24. The summed E-state index contributed by atoms with van der Waals surface area (Å²) < 4.78 is 16.3. The van der Waals surface area contributed by atoms with Crippen molar-refractivity contribution in [2.45, 2.75) is 44.3 Å². The molecule has 0 radical (unpaired) electrons. The summed E-state index contributed by atoms with van der Waals surface area (Å²) in [6.07, 6.45) is 5.57. The van der Waals surface area contributed by atoms with E-state index in [0.29, 0.717) is 33.4 Å². The molecule has 0 bridgehead atoms. The second-order valence-corrected chi connectivity index (χ2v) is 8.96. The number of hydrogen-bond donors (Lipinski definition) is 1. The van der Waals surface area contributed by atoms with E-state index in [9.17, 15) is 9.59 Å². The van der Waals surface area contributed by atoms with Gasteiger partial charge in [0.05, 0.1) is 27.0 Å². The molecular weight excluding hydrogens is 468 g/mol. The monoisotopic (exact) mass is 496 g/mol. The minimum absolute atomic E-state index is 0.0962. The van der Waals surface area contributed by atoms with Gasteiger partial charge in [-0.05, 0) is 60.9 Å². The fraction of sp³-hybridized carbons (Fsp3) is 0.333. The van der Waals surface area contributed by atoms with Gasteiger partial charge in [0.1, 0.15) is 11.8 Å². The number of nitrogens with one attached hydrogen (secondary N) is 1. The zero-order valence-corrected chi connectivity index (χ0v) is 20.6. The van der Waals surface area contributed by atoms with Crippen LogP contribution in [0.3, 0.4) is 0 Å². The number of nitrogens with zero attached hydrogens (tertiary/aromatic N) is 1. The first-order valence-electron chi connectivity index (χ1n) is 11.6. The van der Waals surface area contributed by atoms with Crippen LogP contribution in [-0.2, 0) is 11.3 Å². The Morgan fingerprint density at radius 1 is 1.06 bits per heavy atom. The molecule has 1 fully saturated rings. The molecule has 0 aliphatic heterocycles. The minimum Gasteiger partial charge on any atom is -0.493 e. The van der Waals surface area contributed by atoms with Crippen molar-refractivity contribution < 1.29 is 23.5 Å². The highest BCUT2D eigenvalue weighted by Crippen LogP contribution is 2.32. The average molecular weight is 497 g/mol. The van der Waals surface area contributed by atoms with Gasteiger partial charge in [-0.3, -0.25) is 9.59 Å². The van der Waals surface area contributed by atoms with Crippen LogP contribution in [0.25, 0.3) is 0 Å². The number of rotatable bonds is 9. The minimum atomic E-state index is -0.890. The van der Waals surface area contributed by atoms with Crippen LogP contribution < -0.4 is 14.8 Å². The standard InChI is InChI=1S/C27H29ClN2O5/c1-33-23-14-11-19(16-24(23)34-2)27(32)30(17-22-8-5-15-35-22)25(18-9-12-20(28)13-10-18)26(31)29-21-6-3-4-7-21/h5,8-16,21,25H,3-4,6-7,17H2,1-2H3,(H,29,31). The van der Waals surface area contributed by atoms with Crippen molar-refractivity contribution >= 4 is 23.4 Å². The summed E-state index contributed by atoms with van der Waals surface area (Å²) in [5.41, 5.74) is 1.02. The van der Waals surface area contributed by atoms with Crippen molar-refractivity contribution in [3.05, 3.63) is 82.8 Å². The number of amides is 2. The van der Waals surface area contributed by atoms with Crippen molar-refractivity contribution in [2.24, 2.45) is 0 Å². The molecule has 1 heterocycles. The van der Waals surface area contributed by atoms with Gasteiger partial charge in [0.2, 0.25) is 5.91 Å². The Hall–Kier alpha value is -3.45. The molecule has 1 aromatic heterocycles. The van der Waals surface area contributed by atoms with Gasteiger partial charge in [-0.15, -0.1) is 0 Å². The molecule has 1 atom stereocenters. The van der Waals surface area contributed by atoms with E-state index in [-0.39, 0.29) is 24.4 Å². The molecule has 2 aromatic carbocycles. The number of carbonyl (C=O) groups is 2. The van der Waals surface area contributed by atoms with E-state index in [0.717, 1.165) is 25.7 Å². The fourth-order valence-corrected chi connectivity index (χ4v) is 4.58. The number of benzene rings is 2. The van der Waals surface area contributed by atoms with Gasteiger partial charge in [-0.1, -0.05) is 36.6 Å². The van der Waals surface area contributed by atoms with Gasteiger partial charge < -0.3 is 24.1 Å². The largest absolute Gasteiger partial charge is 0.493 e. The molecule has 7 nitrogen and oxygen atoms in total. The van der Waals surface area contributed by atoms with Crippen molar-refractivity contribution in [3.8, 4) is 11.5 Å². The van der Waals surface area contributed by atoms with Crippen LogP contribution in [-0.4, -0.2) is 37.0 Å². The van der Waals surface area contributed by atoms with Crippen LogP contribution >= 0.6 is 11.6 Å². The third kappa shape index (κ3) is 5.80. The van der Waals surface area contributed by atoms with Crippen LogP contribution in [0.2, 0.25) is 5.02 Å². The van der Waals surface area contributed by atoms with Crippen molar-refractivity contribution in [3.63, 3.8) is 0 Å². The highest BCUT2D eigenvalue weighted by atomic mass is 35.5. The summed E-state index contributed by atoms with van der Waals surface area (Å²) in [4.78, 5) is 29.2. The van der Waals surface area contributed by atoms with E-state index in [4.69, 9.17) is 25.5 Å². The molecule has 1 unspecified atom stereocenters. The Balaban J connectivity index is 1.75. The summed E-state index contributed by atoms with van der Waals surface area (Å²) in [7, 11) is 3.05. The third-order valence-corrected chi connectivity index (χ3v) is 6.50. The molecule has 0 saturated heterocycles. The maximum absolute atomic E-state index is 13.9. The van der Waals surface area contributed by atoms with Gasteiger partial charge in [-0.2, -0.15) is 0 Å². The number of halogens is 1. The first kappa shape index (κ1) is 24.7. The van der Waals surface area contributed by atoms with E-state index in [2.05, 4.69) is 5.32 Å². The van der Waals surface area contributed by atoms with Gasteiger partial charge in [-0.25, -0.2) is 0 Å². The van der Waals surface area contributed by atoms with Crippen LogP contribution in [0.4, 0.5) is 0 Å². The van der Waals surface area contributed by atoms with Gasteiger partial charge in [0.15, 0.2) is 11.5 Å². The molecule has 1 N–H and O–H groups in total. The first-order chi connectivity index (χ1) is 17.0. The van der Waals surface area contributed by atoms with E-state index >= 15 is 0 Å². The van der Waals surface area contributed by atoms with Gasteiger partial charge in [0.25, 0.3) is 5.91 Å². The summed E-state index contributed by atoms with van der Waals surface area (Å²) in [5.74, 6) is 0.916. The lowest BCUT2D eigenvalue weighted by atomic mass is 10.0. The molecule has 2 amide bonds. The SMILES string of the molecule is COc1ccc(C(=O)N(Cc2ccco2)C(C(=O)NC2CCCC2)c2ccc(Cl)cc2)cc1OC. The molecule has 8 heteroatoms. The summed E-state index contributed by atoms with van der Waals surface area (Å²) in [6.45, 7) is 0.103. The molecule has 3 aromatic rings. The Labute approximate surface area is 210 Å². The number of ether oxygens (including phenoxy) is 2. The normalized spacial score (nSPS) is 14.4. The van der Waals surface area contributed by atoms with E-state index in [1.165, 1.54) is 19.1 Å². The Morgan fingerprint density at radius 2 is 1.77 bits per heavy atom. The summed E-state index contributed by atoms with van der Waals surface area (Å²) >= 11 is 6.13. The lowest BCUT2D eigenvalue weighted by Crippen LogP contribution is -2.45. The molecule has 35 heavy (non-hydrogen) atoms.